The Kier molecular flexibility index (Phi) is 7.79. The molecule has 1 nitrogen and oxygen atoms in total. The fourth-order valence-electron chi connectivity index (χ4n) is 4.78. The van der Waals surface area contributed by atoms with Crippen LogP contribution in [0.4, 0.5) is 8.78 Å². The predicted molar refractivity (Wildman–Crippen MR) is 130 cm³/mol. The van der Waals surface area contributed by atoms with Crippen molar-refractivity contribution in [1.82, 2.24) is 0 Å². The van der Waals surface area contributed by atoms with Crippen LogP contribution in [-0.4, -0.2) is 6.86 Å². The van der Waals surface area contributed by atoms with Gasteiger partial charge < -0.3 is 4.74 Å². The van der Waals surface area contributed by atoms with E-state index in [-0.39, 0.29) is 5.75 Å². The molecule has 0 amide bonds. The second-order valence-electron chi connectivity index (χ2n) is 8.85. The quantitative estimate of drug-likeness (QED) is 0.348. The van der Waals surface area contributed by atoms with Crippen molar-refractivity contribution in [3.05, 3.63) is 89.2 Å². The third-order valence-electron chi connectivity index (χ3n) is 6.64. The van der Waals surface area contributed by atoms with E-state index in [1.54, 1.807) is 6.07 Å². The molecule has 0 radical (unpaired) electrons. The first kappa shape index (κ1) is 23.1. The Bertz CT molecular complexity index is 1100. The van der Waals surface area contributed by atoms with Crippen LogP contribution in [0.15, 0.2) is 66.7 Å². The van der Waals surface area contributed by atoms with Crippen LogP contribution in [0, 0.1) is 23.6 Å². The molecule has 0 bridgehead atoms. The first-order chi connectivity index (χ1) is 16.2. The first-order valence-corrected chi connectivity index (χ1v) is 11.9. The number of hydrogen-bond acceptors (Lipinski definition) is 1. The summed E-state index contributed by atoms with van der Waals surface area (Å²) in [5, 5.41) is 0. The lowest BCUT2D eigenvalue weighted by Crippen LogP contribution is -2.13. The molecule has 170 valence electrons. The van der Waals surface area contributed by atoms with Gasteiger partial charge in [-0.05, 0) is 90.6 Å². The van der Waals surface area contributed by atoms with E-state index in [0.717, 1.165) is 22.6 Å². The summed E-state index contributed by atoms with van der Waals surface area (Å²) >= 11 is 0. The summed E-state index contributed by atoms with van der Waals surface area (Å²) in [7, 11) is 0. The number of hydrogen-bond donors (Lipinski definition) is 0. The Labute approximate surface area is 195 Å². The van der Waals surface area contributed by atoms with Gasteiger partial charge in [-0.25, -0.2) is 8.78 Å². The van der Waals surface area contributed by atoms with E-state index >= 15 is 0 Å². The molecule has 0 N–H and O–H groups in total. The van der Waals surface area contributed by atoms with Gasteiger partial charge in [0.25, 0.3) is 0 Å². The van der Waals surface area contributed by atoms with Gasteiger partial charge in [0.1, 0.15) is 0 Å². The van der Waals surface area contributed by atoms with Gasteiger partial charge in [-0.3, -0.25) is 0 Å². The first-order valence-electron chi connectivity index (χ1n) is 11.9. The lowest BCUT2D eigenvalue weighted by atomic mass is 9.77. The van der Waals surface area contributed by atoms with Crippen LogP contribution >= 0.6 is 0 Å². The van der Waals surface area contributed by atoms with Crippen LogP contribution in [0.25, 0.3) is 11.1 Å². The van der Waals surface area contributed by atoms with Crippen molar-refractivity contribution in [1.29, 1.82) is 0 Å². The van der Waals surface area contributed by atoms with Gasteiger partial charge >= 0.3 is 0 Å². The monoisotopic (exact) mass is 444 g/mol. The Morgan fingerprint density at radius 2 is 1.42 bits per heavy atom. The summed E-state index contributed by atoms with van der Waals surface area (Å²) in [5.74, 6) is 7.41. The van der Waals surface area contributed by atoms with Crippen LogP contribution in [0.1, 0.15) is 68.1 Å². The third kappa shape index (κ3) is 6.02. The highest BCUT2D eigenvalue weighted by molar-refractivity contribution is 5.65. The van der Waals surface area contributed by atoms with Crippen molar-refractivity contribution >= 4 is 0 Å². The maximum absolute atomic E-state index is 14.0. The highest BCUT2D eigenvalue weighted by atomic mass is 19.1. The number of alkyl halides is 1. The number of halogens is 2. The van der Waals surface area contributed by atoms with Crippen molar-refractivity contribution in [2.24, 2.45) is 5.92 Å². The van der Waals surface area contributed by atoms with E-state index < -0.39 is 12.7 Å². The van der Waals surface area contributed by atoms with Gasteiger partial charge in [-0.2, -0.15) is 0 Å². The Hall–Kier alpha value is -3.12. The van der Waals surface area contributed by atoms with E-state index in [4.69, 9.17) is 0 Å². The fraction of sp³-hybridized carbons (Fsp3) is 0.333. The summed E-state index contributed by atoms with van der Waals surface area (Å²) in [6, 6.07) is 20.9. The molecule has 4 rings (SSSR count). The maximum Gasteiger partial charge on any atom is 0.228 e. The maximum atomic E-state index is 14.0. The SMILES string of the molecule is CCCC1CCC(c2ccc(C#Cc3ccc(-c4ccc(OCF)c(F)c4)cc3)cc2)CC1. The van der Waals surface area contributed by atoms with Crippen LogP contribution in [0.3, 0.4) is 0 Å². The number of ether oxygens (including phenoxy) is 1. The van der Waals surface area contributed by atoms with Gasteiger partial charge in [0, 0.05) is 11.1 Å². The lowest BCUT2D eigenvalue weighted by molar-refractivity contribution is 0.184. The molecular weight excluding hydrogens is 414 g/mol. The summed E-state index contributed by atoms with van der Waals surface area (Å²) in [6.07, 6.45) is 8.00. The van der Waals surface area contributed by atoms with Gasteiger partial charge in [0.2, 0.25) is 6.86 Å². The second-order valence-corrected chi connectivity index (χ2v) is 8.85. The molecule has 0 spiro atoms. The zero-order valence-electron chi connectivity index (χ0n) is 19.1. The summed E-state index contributed by atoms with van der Waals surface area (Å²) in [4.78, 5) is 0. The fourth-order valence-corrected chi connectivity index (χ4v) is 4.78. The van der Waals surface area contributed by atoms with Gasteiger partial charge in [-0.15, -0.1) is 0 Å². The molecule has 0 saturated heterocycles. The van der Waals surface area contributed by atoms with E-state index in [9.17, 15) is 8.78 Å². The second kappa shape index (κ2) is 11.1. The molecule has 0 aromatic heterocycles. The zero-order valence-corrected chi connectivity index (χ0v) is 19.1. The molecule has 3 aromatic carbocycles. The van der Waals surface area contributed by atoms with E-state index in [2.05, 4.69) is 47.8 Å². The highest BCUT2D eigenvalue weighted by Crippen LogP contribution is 2.37. The highest BCUT2D eigenvalue weighted by Gasteiger charge is 2.21. The smallest absolute Gasteiger partial charge is 0.228 e. The molecular formula is C30H30F2O. The average Bonchev–Trinajstić information content (AvgIpc) is 2.85. The molecule has 3 heteroatoms. The van der Waals surface area contributed by atoms with Gasteiger partial charge in [0.05, 0.1) is 0 Å². The lowest BCUT2D eigenvalue weighted by Gasteiger charge is -2.28. The number of rotatable bonds is 6. The molecule has 1 aliphatic rings. The Balaban J connectivity index is 1.38. The summed E-state index contributed by atoms with van der Waals surface area (Å²) in [5.41, 5.74) is 4.92. The Morgan fingerprint density at radius 1 is 0.818 bits per heavy atom. The van der Waals surface area contributed by atoms with Gasteiger partial charge in [-0.1, -0.05) is 61.9 Å². The van der Waals surface area contributed by atoms with Crippen molar-refractivity contribution in [3.8, 4) is 28.7 Å². The minimum Gasteiger partial charge on any atom is -0.460 e. The minimum absolute atomic E-state index is 0.0843. The largest absolute Gasteiger partial charge is 0.460 e. The molecule has 0 atom stereocenters. The van der Waals surface area contributed by atoms with Crippen molar-refractivity contribution in [3.63, 3.8) is 0 Å². The molecule has 1 aliphatic carbocycles. The molecule has 1 saturated carbocycles. The van der Waals surface area contributed by atoms with Crippen LogP contribution < -0.4 is 4.74 Å². The standard InChI is InChI=1S/C30H30F2O/c1-2-3-22-6-12-25(13-7-22)26-14-8-23(9-15-26)4-5-24-10-16-27(17-11-24)28-18-19-30(33-21-31)29(32)20-28/h8-11,14-20,22,25H,2-3,6-7,12-13,21H2,1H3. The van der Waals surface area contributed by atoms with Crippen molar-refractivity contribution < 1.29 is 13.5 Å². The van der Waals surface area contributed by atoms with Crippen LogP contribution in [0.5, 0.6) is 5.75 Å². The summed E-state index contributed by atoms with van der Waals surface area (Å²) in [6.45, 7) is 1.24. The van der Waals surface area contributed by atoms with Crippen molar-refractivity contribution in [2.75, 3.05) is 6.86 Å². The predicted octanol–water partition coefficient (Wildman–Crippen LogP) is 8.27. The molecule has 1 fully saturated rings. The molecule has 33 heavy (non-hydrogen) atoms. The van der Waals surface area contributed by atoms with Gasteiger partial charge in [0.15, 0.2) is 11.6 Å². The topological polar surface area (TPSA) is 9.23 Å². The minimum atomic E-state index is -1.05. The van der Waals surface area contributed by atoms with Crippen LogP contribution in [0.2, 0.25) is 0 Å². The molecule has 0 aliphatic heterocycles. The van der Waals surface area contributed by atoms with E-state index in [1.165, 1.54) is 56.2 Å². The molecule has 0 heterocycles. The summed E-state index contributed by atoms with van der Waals surface area (Å²) < 4.78 is 30.9. The van der Waals surface area contributed by atoms with Crippen molar-refractivity contribution in [2.45, 2.75) is 51.4 Å². The molecule has 0 unspecified atom stereocenters. The van der Waals surface area contributed by atoms with Crippen LogP contribution in [-0.2, 0) is 0 Å². The van der Waals surface area contributed by atoms with E-state index in [0.29, 0.717) is 11.5 Å². The van der Waals surface area contributed by atoms with E-state index in [1.807, 2.05) is 24.3 Å². The third-order valence-corrected chi connectivity index (χ3v) is 6.64. The Morgan fingerprint density at radius 3 is 2.00 bits per heavy atom. The average molecular weight is 445 g/mol. The number of benzene rings is 3. The normalized spacial score (nSPS) is 17.8. The zero-order chi connectivity index (χ0) is 23.0. The molecule has 3 aromatic rings.